The summed E-state index contributed by atoms with van der Waals surface area (Å²) in [5.41, 5.74) is 0.970. The van der Waals surface area contributed by atoms with Gasteiger partial charge in [0.05, 0.1) is 0 Å². The van der Waals surface area contributed by atoms with Gasteiger partial charge in [0, 0.05) is 32.5 Å². The lowest BCUT2D eigenvalue weighted by Gasteiger charge is -2.18. The van der Waals surface area contributed by atoms with E-state index in [0.29, 0.717) is 18.3 Å². The Labute approximate surface area is 103 Å². The quantitative estimate of drug-likeness (QED) is 0.732. The molecule has 0 aromatic carbocycles. The van der Waals surface area contributed by atoms with E-state index in [4.69, 9.17) is 0 Å². The summed E-state index contributed by atoms with van der Waals surface area (Å²) in [5, 5.41) is 0. The van der Waals surface area contributed by atoms with Crippen LogP contribution < -0.4 is 10.5 Å². The fourth-order valence-corrected chi connectivity index (χ4v) is 1.71. The summed E-state index contributed by atoms with van der Waals surface area (Å²) in [4.78, 5) is 18.1. The predicted molar refractivity (Wildman–Crippen MR) is 71.4 cm³/mol. The van der Waals surface area contributed by atoms with Crippen molar-refractivity contribution in [3.63, 3.8) is 0 Å². The van der Waals surface area contributed by atoms with Crippen LogP contribution in [-0.4, -0.2) is 23.1 Å². The minimum absolute atomic E-state index is 0.0371. The van der Waals surface area contributed by atoms with Gasteiger partial charge in [-0.25, -0.2) is 4.98 Å². The molecule has 0 aliphatic heterocycles. The molecule has 1 rings (SSSR count). The largest absolute Gasteiger partial charge is 0.351 e. The Bertz CT molecular complexity index is 448. The molecule has 0 aliphatic rings. The van der Waals surface area contributed by atoms with Gasteiger partial charge in [0.15, 0.2) is 5.82 Å². The maximum atomic E-state index is 12.2. The van der Waals surface area contributed by atoms with Crippen LogP contribution in [0.4, 0.5) is 5.82 Å². The van der Waals surface area contributed by atoms with Crippen LogP contribution in [0.25, 0.3) is 0 Å². The fraction of sp³-hybridized carbons (Fsp3) is 0.538. The van der Waals surface area contributed by atoms with Crippen LogP contribution in [0.5, 0.6) is 0 Å². The zero-order chi connectivity index (χ0) is 13.0. The first-order valence-electron chi connectivity index (χ1n) is 5.82. The standard InChI is InChI=1S/C13H21N3O/c1-10(2)8-15(5)12-13(17)16(7-6-14-12)9-11(3)4/h6-7,11H,1,8-9H2,2-5H3. The minimum Gasteiger partial charge on any atom is -0.351 e. The molecule has 0 N–H and O–H groups in total. The molecule has 0 amide bonds. The topological polar surface area (TPSA) is 38.1 Å². The van der Waals surface area contributed by atoms with Gasteiger partial charge in [0.2, 0.25) is 0 Å². The summed E-state index contributed by atoms with van der Waals surface area (Å²) in [5.74, 6) is 0.922. The molecule has 94 valence electrons. The van der Waals surface area contributed by atoms with E-state index < -0.39 is 0 Å². The van der Waals surface area contributed by atoms with E-state index in [9.17, 15) is 4.79 Å². The zero-order valence-electron chi connectivity index (χ0n) is 11.1. The number of anilines is 1. The van der Waals surface area contributed by atoms with Gasteiger partial charge in [-0.1, -0.05) is 26.0 Å². The van der Waals surface area contributed by atoms with Crippen molar-refractivity contribution in [2.75, 3.05) is 18.5 Å². The second kappa shape index (κ2) is 5.66. The average molecular weight is 235 g/mol. The SMILES string of the molecule is C=C(C)CN(C)c1nccn(CC(C)C)c1=O. The molecular formula is C13H21N3O. The molecule has 1 aromatic rings. The lowest BCUT2D eigenvalue weighted by Crippen LogP contribution is -2.32. The monoisotopic (exact) mass is 235 g/mol. The molecule has 0 fully saturated rings. The minimum atomic E-state index is -0.0371. The van der Waals surface area contributed by atoms with Crippen molar-refractivity contribution in [2.24, 2.45) is 5.92 Å². The Morgan fingerprint density at radius 2 is 2.24 bits per heavy atom. The first kappa shape index (κ1) is 13.5. The number of hydrogen-bond donors (Lipinski definition) is 0. The highest BCUT2D eigenvalue weighted by Gasteiger charge is 2.10. The summed E-state index contributed by atoms with van der Waals surface area (Å²) in [7, 11) is 1.86. The Morgan fingerprint density at radius 3 is 2.76 bits per heavy atom. The molecule has 1 heterocycles. The summed E-state index contributed by atoms with van der Waals surface area (Å²) in [6.45, 7) is 11.3. The Morgan fingerprint density at radius 1 is 1.59 bits per heavy atom. The third-order valence-electron chi connectivity index (χ3n) is 2.33. The van der Waals surface area contributed by atoms with Gasteiger partial charge >= 0.3 is 0 Å². The molecule has 0 spiro atoms. The van der Waals surface area contributed by atoms with Crippen LogP contribution in [-0.2, 0) is 6.54 Å². The number of nitrogens with zero attached hydrogens (tertiary/aromatic N) is 3. The number of likely N-dealkylation sites (N-methyl/N-ethyl adjacent to an activating group) is 1. The molecule has 0 saturated carbocycles. The van der Waals surface area contributed by atoms with Crippen molar-refractivity contribution in [1.29, 1.82) is 0 Å². The fourth-order valence-electron chi connectivity index (χ4n) is 1.71. The normalized spacial score (nSPS) is 10.6. The molecule has 0 saturated heterocycles. The molecule has 0 atom stereocenters. The molecule has 0 unspecified atom stereocenters. The van der Waals surface area contributed by atoms with Crippen LogP contribution in [0, 0.1) is 5.92 Å². The van der Waals surface area contributed by atoms with E-state index in [2.05, 4.69) is 25.4 Å². The van der Waals surface area contributed by atoms with Gasteiger partial charge in [0.25, 0.3) is 5.56 Å². The van der Waals surface area contributed by atoms with E-state index in [1.54, 1.807) is 17.0 Å². The average Bonchev–Trinajstić information content (AvgIpc) is 2.19. The van der Waals surface area contributed by atoms with Gasteiger partial charge in [0.1, 0.15) is 0 Å². The van der Waals surface area contributed by atoms with E-state index in [0.717, 1.165) is 12.1 Å². The number of aromatic nitrogens is 2. The summed E-state index contributed by atoms with van der Waals surface area (Å²) in [6.07, 6.45) is 3.41. The van der Waals surface area contributed by atoms with E-state index in [-0.39, 0.29) is 5.56 Å². The van der Waals surface area contributed by atoms with Crippen molar-refractivity contribution in [1.82, 2.24) is 9.55 Å². The molecule has 0 bridgehead atoms. The summed E-state index contributed by atoms with van der Waals surface area (Å²) >= 11 is 0. The number of rotatable bonds is 5. The van der Waals surface area contributed by atoms with Crippen LogP contribution in [0.3, 0.4) is 0 Å². The van der Waals surface area contributed by atoms with Gasteiger partial charge in [-0.3, -0.25) is 4.79 Å². The van der Waals surface area contributed by atoms with Crippen molar-refractivity contribution in [3.05, 3.63) is 34.9 Å². The molecular weight excluding hydrogens is 214 g/mol. The highest BCUT2D eigenvalue weighted by Crippen LogP contribution is 2.04. The van der Waals surface area contributed by atoms with Gasteiger partial charge < -0.3 is 9.47 Å². The van der Waals surface area contributed by atoms with Gasteiger partial charge in [-0.05, 0) is 12.8 Å². The van der Waals surface area contributed by atoms with Crippen LogP contribution in [0.1, 0.15) is 20.8 Å². The van der Waals surface area contributed by atoms with Crippen molar-refractivity contribution in [2.45, 2.75) is 27.3 Å². The molecule has 1 aromatic heterocycles. The molecule has 17 heavy (non-hydrogen) atoms. The van der Waals surface area contributed by atoms with Crippen molar-refractivity contribution in [3.8, 4) is 0 Å². The van der Waals surface area contributed by atoms with Crippen LogP contribution >= 0.6 is 0 Å². The second-order valence-electron chi connectivity index (χ2n) is 4.92. The molecule has 4 nitrogen and oxygen atoms in total. The molecule has 4 heteroatoms. The van der Waals surface area contributed by atoms with Gasteiger partial charge in [-0.15, -0.1) is 0 Å². The zero-order valence-corrected chi connectivity index (χ0v) is 11.1. The highest BCUT2D eigenvalue weighted by molar-refractivity contribution is 5.36. The van der Waals surface area contributed by atoms with Crippen LogP contribution in [0.2, 0.25) is 0 Å². The number of hydrogen-bond acceptors (Lipinski definition) is 3. The predicted octanol–water partition coefficient (Wildman–Crippen LogP) is 1.91. The first-order valence-corrected chi connectivity index (χ1v) is 5.82. The smallest absolute Gasteiger partial charge is 0.293 e. The third-order valence-corrected chi connectivity index (χ3v) is 2.33. The van der Waals surface area contributed by atoms with E-state index in [1.165, 1.54) is 0 Å². The van der Waals surface area contributed by atoms with Crippen LogP contribution in [0.15, 0.2) is 29.3 Å². The Balaban J connectivity index is 3.01. The lowest BCUT2D eigenvalue weighted by molar-refractivity contribution is 0.508. The lowest BCUT2D eigenvalue weighted by atomic mass is 10.2. The molecule has 0 aliphatic carbocycles. The maximum Gasteiger partial charge on any atom is 0.293 e. The summed E-state index contributed by atoms with van der Waals surface area (Å²) in [6, 6.07) is 0. The second-order valence-corrected chi connectivity index (χ2v) is 4.92. The first-order chi connectivity index (χ1) is 7.91. The highest BCUT2D eigenvalue weighted by atomic mass is 16.1. The van der Waals surface area contributed by atoms with Crippen molar-refractivity contribution < 1.29 is 0 Å². The third kappa shape index (κ3) is 3.73. The Hall–Kier alpha value is -1.58. The Kier molecular flexibility index (Phi) is 4.49. The van der Waals surface area contributed by atoms with E-state index in [1.807, 2.05) is 18.9 Å². The maximum absolute atomic E-state index is 12.2. The van der Waals surface area contributed by atoms with Gasteiger partial charge in [-0.2, -0.15) is 0 Å². The van der Waals surface area contributed by atoms with E-state index >= 15 is 0 Å². The molecule has 0 radical (unpaired) electrons. The summed E-state index contributed by atoms with van der Waals surface area (Å²) < 4.78 is 1.71. The van der Waals surface area contributed by atoms with Crippen molar-refractivity contribution >= 4 is 5.82 Å².